The molecule has 0 radical (unpaired) electrons. The summed E-state index contributed by atoms with van der Waals surface area (Å²) < 4.78 is 5.70. The van der Waals surface area contributed by atoms with Gasteiger partial charge >= 0.3 is 5.97 Å². The van der Waals surface area contributed by atoms with Gasteiger partial charge in [-0.25, -0.2) is 4.79 Å². The first-order chi connectivity index (χ1) is 10.8. The monoisotopic (exact) mass is 328 g/mol. The number of rotatable bonds is 2. The molecule has 0 atom stereocenters. The smallest absolute Gasteiger partial charge is 0.343 e. The Morgan fingerprint density at radius 1 is 0.875 bits per heavy atom. The molecule has 0 saturated carbocycles. The molecule has 0 spiro atoms. The maximum atomic E-state index is 12.6. The van der Waals surface area contributed by atoms with E-state index in [0.717, 1.165) is 11.1 Å². The summed E-state index contributed by atoms with van der Waals surface area (Å²) in [7, 11) is 0. The molecule has 130 valence electrons. The molecule has 0 heterocycles. The number of ether oxygens (including phenoxy) is 1. The highest BCUT2D eigenvalue weighted by molar-refractivity contribution is 5.98. The predicted octanol–water partition coefficient (Wildman–Crippen LogP) is 5.01. The van der Waals surface area contributed by atoms with Gasteiger partial charge < -0.3 is 4.74 Å². The summed E-state index contributed by atoms with van der Waals surface area (Å²) in [6, 6.07) is 5.63. The first-order valence-corrected chi connectivity index (χ1v) is 8.38. The molecule has 0 unspecified atom stereocenters. The third-order valence-electron chi connectivity index (χ3n) is 6.28. The Bertz CT molecular complexity index is 713. The molecule has 3 nitrogen and oxygen atoms in total. The first-order valence-electron chi connectivity index (χ1n) is 8.38. The molecule has 24 heavy (non-hydrogen) atoms. The van der Waals surface area contributed by atoms with Crippen LogP contribution in [-0.2, 0) is 9.53 Å². The molecule has 0 aromatic heterocycles. The van der Waals surface area contributed by atoms with Crippen LogP contribution in [0.3, 0.4) is 0 Å². The lowest BCUT2D eigenvalue weighted by Gasteiger charge is -2.53. The normalized spacial score (nSPS) is 21.2. The molecule has 1 aromatic carbocycles. The summed E-state index contributed by atoms with van der Waals surface area (Å²) in [4.78, 5) is 25.2. The van der Waals surface area contributed by atoms with Crippen molar-refractivity contribution in [2.75, 3.05) is 0 Å². The fourth-order valence-corrected chi connectivity index (χ4v) is 3.29. The number of aryl methyl sites for hydroxylation is 2. The zero-order valence-electron chi connectivity index (χ0n) is 16.0. The van der Waals surface area contributed by atoms with Gasteiger partial charge in [0.05, 0.1) is 5.56 Å². The minimum absolute atomic E-state index is 0.00459. The number of ketones is 1. The van der Waals surface area contributed by atoms with E-state index in [1.54, 1.807) is 0 Å². The van der Waals surface area contributed by atoms with E-state index >= 15 is 0 Å². The maximum Gasteiger partial charge on any atom is 0.343 e. The molecular formula is C21H28O3. The van der Waals surface area contributed by atoms with Crippen molar-refractivity contribution >= 4 is 11.8 Å². The van der Waals surface area contributed by atoms with Crippen LogP contribution in [0, 0.1) is 30.1 Å². The molecule has 1 aromatic rings. The number of esters is 1. The number of carbonyl (C=O) groups excluding carboxylic acids is 2. The molecular weight excluding hydrogens is 300 g/mol. The molecule has 0 N–H and O–H groups in total. The molecule has 0 saturated heterocycles. The standard InChI is InChI=1S/C21H28O3/c1-13-9-14(2)11-15(10-13)18(23)24-17-12-16(22)19(3,4)21(7,8)20(17,5)6/h9-12H,1-8H3. The molecule has 0 aliphatic heterocycles. The molecule has 0 fully saturated rings. The third kappa shape index (κ3) is 2.70. The summed E-state index contributed by atoms with van der Waals surface area (Å²) >= 11 is 0. The van der Waals surface area contributed by atoms with Crippen molar-refractivity contribution in [1.82, 2.24) is 0 Å². The summed E-state index contributed by atoms with van der Waals surface area (Å²) in [5, 5.41) is 0. The van der Waals surface area contributed by atoms with Gasteiger partial charge in [-0.3, -0.25) is 4.79 Å². The zero-order chi connectivity index (χ0) is 18.5. The van der Waals surface area contributed by atoms with Crippen LogP contribution < -0.4 is 0 Å². The van der Waals surface area contributed by atoms with E-state index in [-0.39, 0.29) is 11.2 Å². The second-order valence-corrected chi connectivity index (χ2v) is 8.51. The van der Waals surface area contributed by atoms with Gasteiger partial charge in [0.15, 0.2) is 5.78 Å². The Balaban J connectivity index is 2.42. The average Bonchev–Trinajstić information content (AvgIpc) is 2.43. The van der Waals surface area contributed by atoms with Gasteiger partial charge in [0, 0.05) is 16.9 Å². The van der Waals surface area contributed by atoms with E-state index in [2.05, 4.69) is 13.8 Å². The summed E-state index contributed by atoms with van der Waals surface area (Å²) in [5.41, 5.74) is 1.21. The molecule has 1 aliphatic carbocycles. The van der Waals surface area contributed by atoms with Crippen molar-refractivity contribution < 1.29 is 14.3 Å². The van der Waals surface area contributed by atoms with E-state index in [1.165, 1.54) is 6.08 Å². The van der Waals surface area contributed by atoms with Crippen LogP contribution in [-0.4, -0.2) is 11.8 Å². The molecule has 3 heteroatoms. The Morgan fingerprint density at radius 2 is 1.38 bits per heavy atom. The van der Waals surface area contributed by atoms with Crippen LogP contribution in [0.25, 0.3) is 0 Å². The van der Waals surface area contributed by atoms with Crippen LogP contribution in [0.15, 0.2) is 30.0 Å². The van der Waals surface area contributed by atoms with Crippen LogP contribution in [0.1, 0.15) is 63.0 Å². The zero-order valence-corrected chi connectivity index (χ0v) is 16.0. The van der Waals surface area contributed by atoms with Crippen molar-refractivity contribution in [1.29, 1.82) is 0 Å². The van der Waals surface area contributed by atoms with Gasteiger partial charge in [-0.05, 0) is 31.4 Å². The minimum atomic E-state index is -0.521. The number of allylic oxidation sites excluding steroid dienone is 2. The second kappa shape index (κ2) is 5.58. The molecule has 1 aliphatic rings. The lowest BCUT2D eigenvalue weighted by molar-refractivity contribution is -0.137. The number of hydrogen-bond acceptors (Lipinski definition) is 3. The van der Waals surface area contributed by atoms with Crippen molar-refractivity contribution in [2.45, 2.75) is 55.4 Å². The highest BCUT2D eigenvalue weighted by Crippen LogP contribution is 2.58. The number of carbonyl (C=O) groups is 2. The van der Waals surface area contributed by atoms with E-state index in [4.69, 9.17) is 4.74 Å². The molecule has 2 rings (SSSR count). The number of benzene rings is 1. The van der Waals surface area contributed by atoms with Gasteiger partial charge in [-0.1, -0.05) is 58.7 Å². The second-order valence-electron chi connectivity index (χ2n) is 8.51. The minimum Gasteiger partial charge on any atom is -0.427 e. The van der Waals surface area contributed by atoms with Crippen LogP contribution >= 0.6 is 0 Å². The van der Waals surface area contributed by atoms with Gasteiger partial charge in [0.1, 0.15) is 5.76 Å². The maximum absolute atomic E-state index is 12.6. The highest BCUT2D eigenvalue weighted by Gasteiger charge is 2.57. The van der Waals surface area contributed by atoms with Gasteiger partial charge in [-0.15, -0.1) is 0 Å². The summed E-state index contributed by atoms with van der Waals surface area (Å²) in [6.07, 6.45) is 1.51. The van der Waals surface area contributed by atoms with E-state index in [9.17, 15) is 9.59 Å². The van der Waals surface area contributed by atoms with Crippen molar-refractivity contribution in [3.8, 4) is 0 Å². The quantitative estimate of drug-likeness (QED) is 0.717. The van der Waals surface area contributed by atoms with Crippen molar-refractivity contribution in [2.24, 2.45) is 16.2 Å². The Labute approximate surface area is 145 Å². The Kier molecular flexibility index (Phi) is 4.28. The van der Waals surface area contributed by atoms with Crippen LogP contribution in [0.4, 0.5) is 0 Å². The molecule has 0 amide bonds. The first kappa shape index (κ1) is 18.4. The van der Waals surface area contributed by atoms with Crippen molar-refractivity contribution in [3.63, 3.8) is 0 Å². The van der Waals surface area contributed by atoms with Gasteiger partial charge in [0.25, 0.3) is 0 Å². The van der Waals surface area contributed by atoms with Crippen molar-refractivity contribution in [3.05, 3.63) is 46.7 Å². The van der Waals surface area contributed by atoms with Gasteiger partial charge in [-0.2, -0.15) is 0 Å². The fourth-order valence-electron chi connectivity index (χ4n) is 3.29. The SMILES string of the molecule is Cc1cc(C)cc(C(=O)OC2=CC(=O)C(C)(C)C(C)(C)C2(C)C)c1. The van der Waals surface area contributed by atoms with E-state index in [0.29, 0.717) is 11.3 Å². The lowest BCUT2D eigenvalue weighted by atomic mass is 9.50. The number of hydrogen-bond donors (Lipinski definition) is 0. The van der Waals surface area contributed by atoms with Crippen LogP contribution in [0.5, 0.6) is 0 Å². The third-order valence-corrected chi connectivity index (χ3v) is 6.28. The topological polar surface area (TPSA) is 43.4 Å². The van der Waals surface area contributed by atoms with E-state index < -0.39 is 16.8 Å². The van der Waals surface area contributed by atoms with Gasteiger partial charge in [0.2, 0.25) is 0 Å². The summed E-state index contributed by atoms with van der Waals surface area (Å²) in [5.74, 6) is 0.0282. The fraction of sp³-hybridized carbons (Fsp3) is 0.524. The average molecular weight is 328 g/mol. The Morgan fingerprint density at radius 3 is 1.88 bits per heavy atom. The largest absolute Gasteiger partial charge is 0.427 e. The van der Waals surface area contributed by atoms with Crippen LogP contribution in [0.2, 0.25) is 0 Å². The lowest BCUT2D eigenvalue weighted by Crippen LogP contribution is -2.53. The Hall–Kier alpha value is -1.90. The summed E-state index contributed by atoms with van der Waals surface area (Å²) in [6.45, 7) is 16.0. The highest BCUT2D eigenvalue weighted by atomic mass is 16.5. The predicted molar refractivity (Wildman–Crippen MR) is 95.8 cm³/mol. The van der Waals surface area contributed by atoms with E-state index in [1.807, 2.05) is 59.7 Å². The molecule has 0 bridgehead atoms.